The highest BCUT2D eigenvalue weighted by molar-refractivity contribution is 5.96. The predicted octanol–water partition coefficient (Wildman–Crippen LogP) is 3.23. The number of alkyl halides is 2. The SMILES string of the molecule is CCC(C)N(CC(=O)O)C(=O)c1cc(C)c(OC(F)F)c(C)c1. The highest BCUT2D eigenvalue weighted by Gasteiger charge is 2.24. The van der Waals surface area contributed by atoms with Gasteiger partial charge >= 0.3 is 12.6 Å². The molecule has 0 fully saturated rings. The molecule has 0 radical (unpaired) electrons. The normalized spacial score (nSPS) is 12.1. The van der Waals surface area contributed by atoms with Crippen molar-refractivity contribution in [1.82, 2.24) is 4.90 Å². The van der Waals surface area contributed by atoms with E-state index in [0.29, 0.717) is 17.5 Å². The maximum atomic E-state index is 12.6. The fraction of sp³-hybridized carbons (Fsp3) is 0.500. The van der Waals surface area contributed by atoms with Gasteiger partial charge in [-0.15, -0.1) is 0 Å². The van der Waals surface area contributed by atoms with Crippen molar-refractivity contribution in [3.05, 3.63) is 28.8 Å². The van der Waals surface area contributed by atoms with E-state index in [4.69, 9.17) is 5.11 Å². The number of carboxylic acids is 1. The lowest BCUT2D eigenvalue weighted by atomic mass is 10.0. The highest BCUT2D eigenvalue weighted by Crippen LogP contribution is 2.27. The van der Waals surface area contributed by atoms with Crippen molar-refractivity contribution in [2.24, 2.45) is 0 Å². The third kappa shape index (κ3) is 4.91. The maximum absolute atomic E-state index is 12.6. The number of hydrogen-bond donors (Lipinski definition) is 1. The number of carboxylic acid groups (broad SMARTS) is 1. The summed E-state index contributed by atoms with van der Waals surface area (Å²) >= 11 is 0. The van der Waals surface area contributed by atoms with E-state index in [2.05, 4.69) is 4.74 Å². The summed E-state index contributed by atoms with van der Waals surface area (Å²) in [6.07, 6.45) is 0.601. The number of carbonyl (C=O) groups is 2. The lowest BCUT2D eigenvalue weighted by Crippen LogP contribution is -2.41. The molecule has 0 spiro atoms. The van der Waals surface area contributed by atoms with Crippen LogP contribution in [-0.2, 0) is 4.79 Å². The molecule has 1 aromatic rings. The Bertz CT molecular complexity index is 566. The minimum atomic E-state index is -2.95. The predicted molar refractivity (Wildman–Crippen MR) is 81.0 cm³/mol. The van der Waals surface area contributed by atoms with E-state index in [9.17, 15) is 18.4 Å². The first-order chi connectivity index (χ1) is 10.7. The molecule has 1 amide bonds. The Kier molecular flexibility index (Phi) is 6.48. The molecule has 7 heteroatoms. The topological polar surface area (TPSA) is 66.8 Å². The molecule has 0 aromatic heterocycles. The zero-order chi connectivity index (χ0) is 17.7. The Hall–Kier alpha value is -2.18. The fourth-order valence-electron chi connectivity index (χ4n) is 2.31. The lowest BCUT2D eigenvalue weighted by molar-refractivity contribution is -0.138. The summed E-state index contributed by atoms with van der Waals surface area (Å²) in [7, 11) is 0. The van der Waals surface area contributed by atoms with Gasteiger partial charge in [0.2, 0.25) is 0 Å². The summed E-state index contributed by atoms with van der Waals surface area (Å²) in [5.74, 6) is -1.52. The second-order valence-electron chi connectivity index (χ2n) is 5.40. The quantitative estimate of drug-likeness (QED) is 0.834. The Labute approximate surface area is 133 Å². The molecule has 5 nitrogen and oxygen atoms in total. The number of amides is 1. The van der Waals surface area contributed by atoms with Crippen molar-refractivity contribution in [2.75, 3.05) is 6.54 Å². The number of nitrogens with zero attached hydrogens (tertiary/aromatic N) is 1. The molecule has 0 heterocycles. The molecular formula is C16H21F2NO4. The van der Waals surface area contributed by atoms with Crippen LogP contribution in [0.2, 0.25) is 0 Å². The van der Waals surface area contributed by atoms with E-state index in [1.54, 1.807) is 20.8 Å². The van der Waals surface area contributed by atoms with E-state index in [1.807, 2.05) is 6.92 Å². The molecule has 1 rings (SSSR count). The third-order valence-electron chi connectivity index (χ3n) is 3.60. The molecule has 1 unspecified atom stereocenters. The van der Waals surface area contributed by atoms with Crippen molar-refractivity contribution >= 4 is 11.9 Å². The van der Waals surface area contributed by atoms with Crippen LogP contribution >= 0.6 is 0 Å². The molecule has 128 valence electrons. The lowest BCUT2D eigenvalue weighted by Gasteiger charge is -2.27. The number of hydrogen-bond acceptors (Lipinski definition) is 3. The van der Waals surface area contributed by atoms with Gasteiger partial charge in [0, 0.05) is 11.6 Å². The molecular weight excluding hydrogens is 308 g/mol. The van der Waals surface area contributed by atoms with Crippen LogP contribution in [-0.4, -0.2) is 41.1 Å². The molecule has 23 heavy (non-hydrogen) atoms. The molecule has 0 bridgehead atoms. The van der Waals surface area contributed by atoms with Gasteiger partial charge in [-0.25, -0.2) is 0 Å². The van der Waals surface area contributed by atoms with Crippen LogP contribution in [0.25, 0.3) is 0 Å². The molecule has 1 atom stereocenters. The molecule has 1 N–H and O–H groups in total. The zero-order valence-corrected chi connectivity index (χ0v) is 13.6. The summed E-state index contributed by atoms with van der Waals surface area (Å²) in [6, 6.07) is 2.62. The first-order valence-electron chi connectivity index (χ1n) is 7.26. The van der Waals surface area contributed by atoms with Crippen molar-refractivity contribution in [1.29, 1.82) is 0 Å². The van der Waals surface area contributed by atoms with Gasteiger partial charge in [0.25, 0.3) is 5.91 Å². The van der Waals surface area contributed by atoms with E-state index in [-0.39, 0.29) is 17.4 Å². The van der Waals surface area contributed by atoms with Gasteiger partial charge in [0.05, 0.1) is 0 Å². The first-order valence-corrected chi connectivity index (χ1v) is 7.26. The van der Waals surface area contributed by atoms with Crippen molar-refractivity contribution in [2.45, 2.75) is 46.8 Å². The standard InChI is InChI=1S/C16H21F2NO4/c1-5-11(4)19(8-13(20)21)15(22)12-6-9(2)14(10(3)7-12)23-16(17)18/h6-7,11,16H,5,8H2,1-4H3,(H,20,21). The number of aliphatic carboxylic acids is 1. The van der Waals surface area contributed by atoms with Crippen LogP contribution in [0.1, 0.15) is 41.8 Å². The highest BCUT2D eigenvalue weighted by atomic mass is 19.3. The van der Waals surface area contributed by atoms with E-state index >= 15 is 0 Å². The number of rotatable bonds is 7. The molecule has 0 aliphatic rings. The summed E-state index contributed by atoms with van der Waals surface area (Å²) in [5.41, 5.74) is 1.05. The Morgan fingerprint density at radius 3 is 2.17 bits per heavy atom. The second kappa shape index (κ2) is 7.89. The van der Waals surface area contributed by atoms with E-state index in [1.165, 1.54) is 17.0 Å². The zero-order valence-electron chi connectivity index (χ0n) is 13.6. The van der Waals surface area contributed by atoms with Crippen molar-refractivity contribution < 1.29 is 28.2 Å². The van der Waals surface area contributed by atoms with Crippen molar-refractivity contribution in [3.8, 4) is 5.75 Å². The monoisotopic (exact) mass is 329 g/mol. The maximum Gasteiger partial charge on any atom is 0.387 e. The van der Waals surface area contributed by atoms with Crippen LogP contribution in [0, 0.1) is 13.8 Å². The van der Waals surface area contributed by atoms with Crippen molar-refractivity contribution in [3.63, 3.8) is 0 Å². The number of carbonyl (C=O) groups excluding carboxylic acids is 1. The minimum absolute atomic E-state index is 0.0323. The minimum Gasteiger partial charge on any atom is -0.480 e. The number of ether oxygens (including phenoxy) is 1. The summed E-state index contributed by atoms with van der Waals surface area (Å²) < 4.78 is 29.3. The Morgan fingerprint density at radius 1 is 1.26 bits per heavy atom. The second-order valence-corrected chi connectivity index (χ2v) is 5.40. The van der Waals surface area contributed by atoms with Gasteiger partial charge in [0.1, 0.15) is 12.3 Å². The summed E-state index contributed by atoms with van der Waals surface area (Å²) in [6.45, 7) is 3.37. The number of benzene rings is 1. The van der Waals surface area contributed by atoms with Gasteiger partial charge in [-0.3, -0.25) is 9.59 Å². The molecule has 0 saturated carbocycles. The van der Waals surface area contributed by atoms with Crippen LogP contribution < -0.4 is 4.74 Å². The van der Waals surface area contributed by atoms with Gasteiger partial charge in [0.15, 0.2) is 0 Å². The fourth-order valence-corrected chi connectivity index (χ4v) is 2.31. The Balaban J connectivity index is 3.17. The van der Waals surface area contributed by atoms with E-state index in [0.717, 1.165) is 0 Å². The molecule has 1 aromatic carbocycles. The number of aryl methyl sites for hydroxylation is 2. The molecule has 0 aliphatic heterocycles. The van der Waals surface area contributed by atoms with Gasteiger partial charge in [-0.05, 0) is 50.5 Å². The molecule has 0 aliphatic carbocycles. The van der Waals surface area contributed by atoms with Gasteiger partial charge < -0.3 is 14.7 Å². The van der Waals surface area contributed by atoms with Gasteiger partial charge in [-0.2, -0.15) is 8.78 Å². The molecule has 0 saturated heterocycles. The van der Waals surface area contributed by atoms with Crippen LogP contribution in [0.3, 0.4) is 0 Å². The van der Waals surface area contributed by atoms with Crippen LogP contribution in [0.4, 0.5) is 8.78 Å². The average molecular weight is 329 g/mol. The average Bonchev–Trinajstić information content (AvgIpc) is 2.46. The summed E-state index contributed by atoms with van der Waals surface area (Å²) in [4.78, 5) is 24.8. The van der Waals surface area contributed by atoms with Crippen LogP contribution in [0.15, 0.2) is 12.1 Å². The third-order valence-corrected chi connectivity index (χ3v) is 3.60. The first kappa shape index (κ1) is 18.9. The largest absolute Gasteiger partial charge is 0.480 e. The number of halogens is 2. The summed E-state index contributed by atoms with van der Waals surface area (Å²) in [5, 5.41) is 8.98. The smallest absolute Gasteiger partial charge is 0.387 e. The van der Waals surface area contributed by atoms with Crippen LogP contribution in [0.5, 0.6) is 5.75 Å². The Morgan fingerprint density at radius 2 is 1.78 bits per heavy atom. The van der Waals surface area contributed by atoms with Gasteiger partial charge in [-0.1, -0.05) is 6.92 Å². The van der Waals surface area contributed by atoms with E-state index < -0.39 is 25.0 Å².